The molecular weight excluding hydrogens is 222 g/mol. The summed E-state index contributed by atoms with van der Waals surface area (Å²) in [6.07, 6.45) is 3.82. The van der Waals surface area contributed by atoms with Crippen LogP contribution in [0.2, 0.25) is 0 Å². The van der Waals surface area contributed by atoms with E-state index in [1.165, 1.54) is 18.6 Å². The van der Waals surface area contributed by atoms with Gasteiger partial charge in [0.1, 0.15) is 0 Å². The van der Waals surface area contributed by atoms with Crippen molar-refractivity contribution >= 4 is 11.8 Å². The molecule has 0 radical (unpaired) electrons. The summed E-state index contributed by atoms with van der Waals surface area (Å²) in [5, 5.41) is 3.53. The van der Waals surface area contributed by atoms with Crippen molar-refractivity contribution in [1.29, 1.82) is 0 Å². The van der Waals surface area contributed by atoms with Gasteiger partial charge in [-0.2, -0.15) is 11.8 Å². The van der Waals surface area contributed by atoms with Crippen LogP contribution in [-0.2, 0) is 9.47 Å². The van der Waals surface area contributed by atoms with Crippen molar-refractivity contribution in [3.63, 3.8) is 0 Å². The fraction of sp³-hybridized carbons (Fsp3) is 1.00. The Balaban J connectivity index is 1.84. The first-order valence-corrected chi connectivity index (χ1v) is 7.17. The average molecular weight is 247 g/mol. The lowest BCUT2D eigenvalue weighted by Gasteiger charge is -2.22. The Bertz CT molecular complexity index is 172. The maximum atomic E-state index is 5.40. The van der Waals surface area contributed by atoms with Gasteiger partial charge in [-0.1, -0.05) is 0 Å². The normalized spacial score (nSPS) is 25.1. The van der Waals surface area contributed by atoms with Crippen molar-refractivity contribution in [3.8, 4) is 0 Å². The van der Waals surface area contributed by atoms with Crippen LogP contribution < -0.4 is 5.32 Å². The van der Waals surface area contributed by atoms with Gasteiger partial charge in [0, 0.05) is 25.0 Å². The number of thioether (sulfide) groups is 1. The van der Waals surface area contributed by atoms with Gasteiger partial charge >= 0.3 is 0 Å². The van der Waals surface area contributed by atoms with Crippen LogP contribution in [0, 0.1) is 0 Å². The van der Waals surface area contributed by atoms with Gasteiger partial charge in [0.15, 0.2) is 0 Å². The molecule has 4 heteroatoms. The predicted molar refractivity (Wildman–Crippen MR) is 70.3 cm³/mol. The fourth-order valence-electron chi connectivity index (χ4n) is 1.87. The second-order valence-corrected chi connectivity index (χ2v) is 6.22. The first kappa shape index (κ1) is 14.3. The summed E-state index contributed by atoms with van der Waals surface area (Å²) in [5.41, 5.74) is 0. The molecule has 0 bridgehead atoms. The molecule has 0 aromatic rings. The minimum atomic E-state index is 0.483. The molecule has 0 saturated carbocycles. The van der Waals surface area contributed by atoms with Gasteiger partial charge in [-0.15, -0.1) is 0 Å². The fourth-order valence-corrected chi connectivity index (χ4v) is 3.15. The second-order valence-electron chi connectivity index (χ2n) is 4.54. The highest BCUT2D eigenvalue weighted by molar-refractivity contribution is 8.00. The topological polar surface area (TPSA) is 30.5 Å². The van der Waals surface area contributed by atoms with Crippen LogP contribution in [0.25, 0.3) is 0 Å². The minimum absolute atomic E-state index is 0.483. The van der Waals surface area contributed by atoms with Gasteiger partial charge in [0.25, 0.3) is 0 Å². The Kier molecular flexibility index (Phi) is 7.45. The van der Waals surface area contributed by atoms with Crippen LogP contribution in [0.4, 0.5) is 0 Å². The van der Waals surface area contributed by atoms with Crippen LogP contribution in [0.3, 0.4) is 0 Å². The predicted octanol–water partition coefficient (Wildman–Crippen LogP) is 1.91. The van der Waals surface area contributed by atoms with Gasteiger partial charge < -0.3 is 14.8 Å². The van der Waals surface area contributed by atoms with Gasteiger partial charge in [-0.05, 0) is 38.5 Å². The van der Waals surface area contributed by atoms with E-state index in [-0.39, 0.29) is 0 Å². The van der Waals surface area contributed by atoms with E-state index >= 15 is 0 Å². The van der Waals surface area contributed by atoms with E-state index in [0.29, 0.717) is 18.0 Å². The average Bonchev–Trinajstić information content (AvgIpc) is 2.70. The van der Waals surface area contributed by atoms with Crippen molar-refractivity contribution in [3.05, 3.63) is 0 Å². The third kappa shape index (κ3) is 6.09. The van der Waals surface area contributed by atoms with Gasteiger partial charge in [-0.25, -0.2) is 0 Å². The lowest BCUT2D eigenvalue weighted by Crippen LogP contribution is -2.33. The minimum Gasteiger partial charge on any atom is -0.382 e. The molecule has 0 amide bonds. The summed E-state index contributed by atoms with van der Waals surface area (Å²) < 4.78 is 10.8. The van der Waals surface area contributed by atoms with Crippen LogP contribution in [0.5, 0.6) is 0 Å². The van der Waals surface area contributed by atoms with Gasteiger partial charge in [0.05, 0.1) is 13.2 Å². The highest BCUT2D eigenvalue weighted by Crippen LogP contribution is 2.36. The molecule has 0 aromatic heterocycles. The van der Waals surface area contributed by atoms with Crippen molar-refractivity contribution in [2.45, 2.75) is 30.9 Å². The Hall–Kier alpha value is 0.230. The number of ether oxygens (including phenoxy) is 2. The summed E-state index contributed by atoms with van der Waals surface area (Å²) in [4.78, 5) is 0. The molecule has 1 rings (SSSR count). The smallest absolute Gasteiger partial charge is 0.0700 e. The summed E-state index contributed by atoms with van der Waals surface area (Å²) in [6, 6.07) is 0. The Morgan fingerprint density at radius 2 is 2.19 bits per heavy atom. The lowest BCUT2D eigenvalue weighted by atomic mass is 10.1. The molecular formula is C12H25NO2S. The quantitative estimate of drug-likeness (QED) is 0.631. The van der Waals surface area contributed by atoms with Gasteiger partial charge in [0.2, 0.25) is 0 Å². The Morgan fingerprint density at radius 3 is 2.88 bits per heavy atom. The van der Waals surface area contributed by atoms with E-state index < -0.39 is 0 Å². The molecule has 0 spiro atoms. The highest BCUT2D eigenvalue weighted by atomic mass is 32.2. The molecule has 1 unspecified atom stereocenters. The Labute approximate surface area is 104 Å². The second kappa shape index (κ2) is 8.34. The monoisotopic (exact) mass is 247 g/mol. The number of hydrogen-bond acceptors (Lipinski definition) is 4. The molecule has 1 saturated heterocycles. The van der Waals surface area contributed by atoms with Crippen LogP contribution in [0.15, 0.2) is 0 Å². The van der Waals surface area contributed by atoms with Crippen molar-refractivity contribution < 1.29 is 9.47 Å². The van der Waals surface area contributed by atoms with E-state index in [1.807, 2.05) is 0 Å². The molecule has 1 fully saturated rings. The van der Waals surface area contributed by atoms with E-state index in [2.05, 4.69) is 24.0 Å². The van der Waals surface area contributed by atoms with Gasteiger partial charge in [-0.3, -0.25) is 0 Å². The molecule has 1 aliphatic rings. The molecule has 0 aliphatic carbocycles. The van der Waals surface area contributed by atoms with Crippen LogP contribution in [0.1, 0.15) is 26.2 Å². The third-order valence-corrected chi connectivity index (χ3v) is 4.41. The first-order valence-electron chi connectivity index (χ1n) is 6.18. The van der Waals surface area contributed by atoms with Crippen LogP contribution >= 0.6 is 11.8 Å². The van der Waals surface area contributed by atoms with E-state index in [4.69, 9.17) is 9.47 Å². The molecule has 96 valence electrons. The zero-order chi connectivity index (χ0) is 11.7. The SMILES string of the molecule is COCCOCCCNCC1(C)CCCS1. The summed E-state index contributed by atoms with van der Waals surface area (Å²) >= 11 is 2.11. The highest BCUT2D eigenvalue weighted by Gasteiger charge is 2.28. The molecule has 1 atom stereocenters. The van der Waals surface area contributed by atoms with Crippen molar-refractivity contribution in [2.75, 3.05) is 45.8 Å². The zero-order valence-electron chi connectivity index (χ0n) is 10.6. The van der Waals surface area contributed by atoms with E-state index in [9.17, 15) is 0 Å². The summed E-state index contributed by atoms with van der Waals surface area (Å²) in [5.74, 6) is 1.33. The number of methoxy groups -OCH3 is 1. The number of hydrogen-bond donors (Lipinski definition) is 1. The van der Waals surface area contributed by atoms with E-state index in [0.717, 1.165) is 26.1 Å². The molecule has 16 heavy (non-hydrogen) atoms. The maximum Gasteiger partial charge on any atom is 0.0700 e. The number of rotatable bonds is 9. The zero-order valence-corrected chi connectivity index (χ0v) is 11.4. The summed E-state index contributed by atoms with van der Waals surface area (Å²) in [6.45, 7) is 6.80. The molecule has 1 aliphatic heterocycles. The largest absolute Gasteiger partial charge is 0.382 e. The molecule has 1 heterocycles. The lowest BCUT2D eigenvalue weighted by molar-refractivity contribution is 0.0694. The summed E-state index contributed by atoms with van der Waals surface area (Å²) in [7, 11) is 1.70. The maximum absolute atomic E-state index is 5.40. The van der Waals surface area contributed by atoms with Crippen molar-refractivity contribution in [2.24, 2.45) is 0 Å². The standard InChI is InChI=1S/C12H25NO2S/c1-12(5-3-10-16-12)11-13-6-4-7-15-9-8-14-2/h13H,3-11H2,1-2H3. The number of nitrogens with one attached hydrogen (secondary N) is 1. The van der Waals surface area contributed by atoms with Crippen LogP contribution in [-0.4, -0.2) is 50.5 Å². The third-order valence-electron chi connectivity index (χ3n) is 2.87. The van der Waals surface area contributed by atoms with Crippen molar-refractivity contribution in [1.82, 2.24) is 5.32 Å². The molecule has 1 N–H and O–H groups in total. The molecule has 3 nitrogen and oxygen atoms in total. The molecule has 0 aromatic carbocycles. The first-order chi connectivity index (χ1) is 7.77. The Morgan fingerprint density at radius 1 is 1.31 bits per heavy atom. The van der Waals surface area contributed by atoms with E-state index in [1.54, 1.807) is 7.11 Å².